The fourth-order valence-corrected chi connectivity index (χ4v) is 5.76. The molecule has 0 radical (unpaired) electrons. The first-order chi connectivity index (χ1) is 20.5. The Morgan fingerprint density at radius 3 is 2.71 bits per heavy atom. The second kappa shape index (κ2) is 13.8. The van der Waals surface area contributed by atoms with Gasteiger partial charge < -0.3 is 24.4 Å². The highest BCUT2D eigenvalue weighted by Crippen LogP contribution is 2.32. The fraction of sp³-hybridized carbons (Fsp3) is 0.345. The number of methoxy groups -OCH3 is 2. The lowest BCUT2D eigenvalue weighted by Gasteiger charge is -2.31. The Bertz CT molecular complexity index is 1510. The second-order valence-electron chi connectivity index (χ2n) is 9.62. The van der Waals surface area contributed by atoms with Crippen LogP contribution >= 0.6 is 22.9 Å². The lowest BCUT2D eigenvalue weighted by Crippen LogP contribution is -2.45. The smallest absolute Gasteiger partial charge is 0.248 e. The van der Waals surface area contributed by atoms with Gasteiger partial charge in [-0.2, -0.15) is 4.80 Å². The molecule has 1 N–H and O–H groups in total. The predicted octanol–water partition coefficient (Wildman–Crippen LogP) is 4.14. The Morgan fingerprint density at radius 1 is 1.17 bits per heavy atom. The predicted molar refractivity (Wildman–Crippen MR) is 157 cm³/mol. The van der Waals surface area contributed by atoms with E-state index in [0.717, 1.165) is 17.7 Å². The Balaban J connectivity index is 1.42. The van der Waals surface area contributed by atoms with Crippen molar-refractivity contribution in [1.82, 2.24) is 30.4 Å². The number of hydrogen-bond acceptors (Lipinski definition) is 9. The van der Waals surface area contributed by atoms with Crippen molar-refractivity contribution in [2.45, 2.75) is 38.1 Å². The van der Waals surface area contributed by atoms with Gasteiger partial charge in [-0.1, -0.05) is 35.9 Å². The molecule has 11 nitrogen and oxygen atoms in total. The first kappa shape index (κ1) is 29.5. The first-order valence-electron chi connectivity index (χ1n) is 13.4. The number of ether oxygens (including phenoxy) is 3. The number of rotatable bonds is 12. The molecular weight excluding hydrogens is 580 g/mol. The van der Waals surface area contributed by atoms with Crippen LogP contribution in [-0.4, -0.2) is 70.4 Å². The van der Waals surface area contributed by atoms with Crippen LogP contribution < -0.4 is 14.8 Å². The Kier molecular flexibility index (Phi) is 9.67. The number of hydrogen-bond donors (Lipinski definition) is 1. The molecule has 13 heteroatoms. The monoisotopic (exact) mass is 610 g/mol. The van der Waals surface area contributed by atoms with Crippen molar-refractivity contribution in [2.24, 2.45) is 0 Å². The summed E-state index contributed by atoms with van der Waals surface area (Å²) in [7, 11) is 3.09. The van der Waals surface area contributed by atoms with E-state index in [1.165, 1.54) is 21.0 Å². The molecule has 2 aromatic carbocycles. The maximum atomic E-state index is 14.0. The van der Waals surface area contributed by atoms with Gasteiger partial charge in [0.25, 0.3) is 0 Å². The second-order valence-corrected chi connectivity index (χ2v) is 11.0. The number of tetrazole rings is 1. The van der Waals surface area contributed by atoms with E-state index < -0.39 is 6.04 Å². The zero-order valence-corrected chi connectivity index (χ0v) is 24.8. The number of nitrogens with zero attached hydrogens (tertiary/aromatic N) is 5. The van der Waals surface area contributed by atoms with Gasteiger partial charge in [-0.25, -0.2) is 0 Å². The first-order valence-corrected chi connectivity index (χ1v) is 14.7. The van der Waals surface area contributed by atoms with E-state index >= 15 is 0 Å². The van der Waals surface area contributed by atoms with Crippen LogP contribution in [0.3, 0.4) is 0 Å². The summed E-state index contributed by atoms with van der Waals surface area (Å²) in [5, 5.41) is 18.0. The Hall–Kier alpha value is -4.00. The minimum atomic E-state index is -0.899. The van der Waals surface area contributed by atoms with Gasteiger partial charge in [-0.15, -0.1) is 21.5 Å². The molecule has 0 unspecified atom stereocenters. The summed E-state index contributed by atoms with van der Waals surface area (Å²) in [6.07, 6.45) is 1.80. The number of aromatic nitrogens is 4. The number of benzene rings is 2. The van der Waals surface area contributed by atoms with E-state index in [1.54, 1.807) is 38.5 Å². The molecule has 42 heavy (non-hydrogen) atoms. The van der Waals surface area contributed by atoms with Gasteiger partial charge in [0.1, 0.15) is 12.6 Å². The summed E-state index contributed by atoms with van der Waals surface area (Å²) in [6, 6.07) is 15.3. The van der Waals surface area contributed by atoms with Crippen LogP contribution in [-0.2, 0) is 27.4 Å². The molecular formula is C29H31ClN6O5S. The molecule has 2 aromatic heterocycles. The number of nitrogens with one attached hydrogen (secondary N) is 1. The van der Waals surface area contributed by atoms with Crippen molar-refractivity contribution < 1.29 is 23.8 Å². The average Bonchev–Trinajstić information content (AvgIpc) is 3.80. The number of halogens is 1. The van der Waals surface area contributed by atoms with Gasteiger partial charge >= 0.3 is 0 Å². The van der Waals surface area contributed by atoms with E-state index in [9.17, 15) is 9.59 Å². The molecule has 220 valence electrons. The van der Waals surface area contributed by atoms with Crippen molar-refractivity contribution in [3.05, 3.63) is 75.4 Å². The van der Waals surface area contributed by atoms with Gasteiger partial charge in [0, 0.05) is 35.2 Å². The van der Waals surface area contributed by atoms with Crippen LogP contribution in [0.5, 0.6) is 11.5 Å². The summed E-state index contributed by atoms with van der Waals surface area (Å²) in [4.78, 5) is 31.1. The molecule has 3 heterocycles. The third kappa shape index (κ3) is 6.89. The van der Waals surface area contributed by atoms with Crippen molar-refractivity contribution in [3.8, 4) is 22.9 Å². The van der Waals surface area contributed by atoms with Crippen LogP contribution in [0.2, 0.25) is 5.02 Å². The van der Waals surface area contributed by atoms with E-state index in [4.69, 9.17) is 25.8 Å². The zero-order valence-electron chi connectivity index (χ0n) is 23.2. The average molecular weight is 611 g/mol. The quantitative estimate of drug-likeness (QED) is 0.254. The van der Waals surface area contributed by atoms with Crippen LogP contribution in [0.1, 0.15) is 29.3 Å². The third-order valence-corrected chi connectivity index (χ3v) is 8.18. The number of carbonyl (C=O) groups excluding carboxylic acids is 2. The highest BCUT2D eigenvalue weighted by molar-refractivity contribution is 7.10. The molecule has 1 aliphatic heterocycles. The third-order valence-electron chi connectivity index (χ3n) is 6.89. The molecule has 0 aliphatic carbocycles. The van der Waals surface area contributed by atoms with Crippen LogP contribution in [0.25, 0.3) is 11.4 Å². The van der Waals surface area contributed by atoms with Gasteiger partial charge in [0.2, 0.25) is 17.6 Å². The van der Waals surface area contributed by atoms with E-state index in [1.807, 2.05) is 35.7 Å². The molecule has 4 aromatic rings. The highest BCUT2D eigenvalue weighted by atomic mass is 35.5. The van der Waals surface area contributed by atoms with Crippen LogP contribution in [0.15, 0.2) is 60.0 Å². The highest BCUT2D eigenvalue weighted by Gasteiger charge is 2.34. The normalized spacial score (nSPS) is 15.3. The van der Waals surface area contributed by atoms with Crippen molar-refractivity contribution in [1.29, 1.82) is 0 Å². The summed E-state index contributed by atoms with van der Waals surface area (Å²) < 4.78 is 16.4. The summed E-state index contributed by atoms with van der Waals surface area (Å²) >= 11 is 7.90. The molecule has 5 rings (SSSR count). The van der Waals surface area contributed by atoms with Crippen molar-refractivity contribution >= 4 is 34.8 Å². The van der Waals surface area contributed by atoms with Crippen molar-refractivity contribution in [3.63, 3.8) is 0 Å². The van der Waals surface area contributed by atoms with E-state index in [0.29, 0.717) is 46.6 Å². The lowest BCUT2D eigenvalue weighted by molar-refractivity contribution is -0.142. The minimum absolute atomic E-state index is 0.0417. The standard InChI is InChI=1S/C29H31ClN6O5S/c1-39-23-12-11-19(15-24(23)40-2)28-32-34-36(33-28)18-26(37)35(17-20-7-3-4-9-22(20)30)27(25-10-6-14-42-25)29(38)31-16-21-8-5-13-41-21/h3-4,6-7,9-12,14-15,21,27H,5,8,13,16-18H2,1-2H3,(H,31,38)/t21-,27-/m1/s1. The summed E-state index contributed by atoms with van der Waals surface area (Å²) in [6.45, 7) is 0.910. The van der Waals surface area contributed by atoms with E-state index in [-0.39, 0.29) is 31.0 Å². The lowest BCUT2D eigenvalue weighted by atomic mass is 10.1. The zero-order chi connectivity index (χ0) is 29.5. The Labute approximate surface area is 252 Å². The van der Waals surface area contributed by atoms with Gasteiger partial charge in [-0.05, 0) is 59.3 Å². The molecule has 0 saturated carbocycles. The number of amides is 2. The van der Waals surface area contributed by atoms with Crippen LogP contribution in [0, 0.1) is 0 Å². The maximum Gasteiger partial charge on any atom is 0.248 e. The SMILES string of the molecule is COc1ccc(-c2nnn(CC(=O)N(Cc3ccccc3Cl)[C@@H](C(=O)NC[C@H]3CCCO3)c3cccs3)n2)cc1OC. The molecule has 1 saturated heterocycles. The van der Waals surface area contributed by atoms with Gasteiger partial charge in [-0.3, -0.25) is 9.59 Å². The van der Waals surface area contributed by atoms with Crippen molar-refractivity contribution in [2.75, 3.05) is 27.4 Å². The Morgan fingerprint density at radius 2 is 2.00 bits per heavy atom. The molecule has 1 fully saturated rings. The molecule has 2 amide bonds. The molecule has 1 aliphatic rings. The number of carbonyl (C=O) groups is 2. The summed E-state index contributed by atoms with van der Waals surface area (Å²) in [5.41, 5.74) is 1.35. The largest absolute Gasteiger partial charge is 0.493 e. The topological polar surface area (TPSA) is 121 Å². The minimum Gasteiger partial charge on any atom is -0.493 e. The summed E-state index contributed by atoms with van der Waals surface area (Å²) in [5.74, 6) is 0.714. The van der Waals surface area contributed by atoms with E-state index in [2.05, 4.69) is 20.7 Å². The number of thiophene rings is 1. The van der Waals surface area contributed by atoms with Gasteiger partial charge in [0.05, 0.1) is 20.3 Å². The molecule has 0 spiro atoms. The molecule has 0 bridgehead atoms. The van der Waals surface area contributed by atoms with Crippen LogP contribution in [0.4, 0.5) is 0 Å². The van der Waals surface area contributed by atoms with Gasteiger partial charge in [0.15, 0.2) is 11.5 Å². The molecule has 2 atom stereocenters. The maximum absolute atomic E-state index is 14.0. The fourth-order valence-electron chi connectivity index (χ4n) is 4.73.